The van der Waals surface area contributed by atoms with Crippen molar-refractivity contribution in [2.45, 2.75) is 19.4 Å². The molecule has 5 heteroatoms. The predicted octanol–water partition coefficient (Wildman–Crippen LogP) is 1.80. The van der Waals surface area contributed by atoms with Gasteiger partial charge in [-0.25, -0.2) is 0 Å². The topological polar surface area (TPSA) is 60.0 Å². The molecule has 3 N–H and O–H groups in total. The van der Waals surface area contributed by atoms with Crippen LogP contribution in [0, 0.1) is 0 Å². The summed E-state index contributed by atoms with van der Waals surface area (Å²) in [7, 11) is 1.66. The van der Waals surface area contributed by atoms with Crippen LogP contribution in [0.4, 0.5) is 0 Å². The Morgan fingerprint density at radius 3 is 2.89 bits per heavy atom. The van der Waals surface area contributed by atoms with Gasteiger partial charge in [0.05, 0.1) is 0 Å². The maximum atomic E-state index is 11.2. The Hall–Kier alpha value is -1.88. The monoisotopic (exact) mass is 275 g/mol. The Morgan fingerprint density at radius 1 is 1.42 bits per heavy atom. The van der Waals surface area contributed by atoms with Crippen molar-refractivity contribution in [2.24, 2.45) is 5.73 Å². The van der Waals surface area contributed by atoms with Gasteiger partial charge < -0.3 is 15.6 Å². The Kier molecular flexibility index (Phi) is 4.16. The van der Waals surface area contributed by atoms with Crippen LogP contribution in [0.25, 0.3) is 10.9 Å². The number of carbonyl (C=O) groups is 1. The van der Waals surface area contributed by atoms with Crippen molar-refractivity contribution in [1.29, 1.82) is 0 Å². The van der Waals surface area contributed by atoms with Gasteiger partial charge in [-0.1, -0.05) is 12.2 Å². The van der Waals surface area contributed by atoms with Crippen LogP contribution in [-0.2, 0) is 11.3 Å². The largest absolute Gasteiger partial charge is 0.389 e. The van der Waals surface area contributed by atoms with Crippen LogP contribution >= 0.6 is 12.2 Å². The molecule has 0 spiro atoms. The number of amides is 1. The number of nitrogens with two attached hydrogens (primary N) is 1. The van der Waals surface area contributed by atoms with E-state index in [-0.39, 0.29) is 5.91 Å². The SMILES string of the molecule is CNC(=O)CCCn1ccc2cc(C(N)=S)ccc21. The molecule has 0 fully saturated rings. The van der Waals surface area contributed by atoms with Crippen molar-refractivity contribution in [3.8, 4) is 0 Å². The van der Waals surface area contributed by atoms with Crippen molar-refractivity contribution in [2.75, 3.05) is 7.05 Å². The van der Waals surface area contributed by atoms with Gasteiger partial charge in [-0.2, -0.15) is 0 Å². The molecule has 0 bridgehead atoms. The number of hydrogen-bond acceptors (Lipinski definition) is 2. The first-order valence-corrected chi connectivity index (χ1v) is 6.62. The standard InChI is InChI=1S/C14H17N3OS/c1-16-13(18)3-2-7-17-8-6-10-9-11(14(15)19)4-5-12(10)17/h4-6,8-9H,2-3,7H2,1H3,(H2,15,19)(H,16,18). The van der Waals surface area contributed by atoms with Gasteiger partial charge in [0.2, 0.25) is 5.91 Å². The van der Waals surface area contributed by atoms with Crippen molar-refractivity contribution in [3.63, 3.8) is 0 Å². The number of nitrogens with one attached hydrogen (secondary N) is 1. The molecule has 1 amide bonds. The fourth-order valence-corrected chi connectivity index (χ4v) is 2.21. The van der Waals surface area contributed by atoms with Crippen molar-refractivity contribution < 1.29 is 4.79 Å². The Labute approximate surface area is 117 Å². The summed E-state index contributed by atoms with van der Waals surface area (Å²) >= 11 is 4.97. The molecule has 100 valence electrons. The van der Waals surface area contributed by atoms with Crippen LogP contribution in [0.2, 0.25) is 0 Å². The second kappa shape index (κ2) is 5.84. The Balaban J connectivity index is 2.12. The number of aromatic nitrogens is 1. The van der Waals surface area contributed by atoms with E-state index in [9.17, 15) is 4.79 Å². The number of aryl methyl sites for hydroxylation is 1. The predicted molar refractivity (Wildman–Crippen MR) is 81.1 cm³/mol. The average molecular weight is 275 g/mol. The van der Waals surface area contributed by atoms with Crippen LogP contribution in [-0.4, -0.2) is 22.5 Å². The molecular formula is C14H17N3OS. The number of benzene rings is 1. The minimum atomic E-state index is 0.0761. The van der Waals surface area contributed by atoms with E-state index in [1.807, 2.05) is 30.5 Å². The molecule has 2 rings (SSSR count). The summed E-state index contributed by atoms with van der Waals surface area (Å²) in [5.74, 6) is 0.0761. The fourth-order valence-electron chi connectivity index (χ4n) is 2.08. The summed E-state index contributed by atoms with van der Waals surface area (Å²) < 4.78 is 2.14. The minimum Gasteiger partial charge on any atom is -0.389 e. The van der Waals surface area contributed by atoms with Gasteiger partial charge in [0.25, 0.3) is 0 Å². The van der Waals surface area contributed by atoms with Crippen LogP contribution < -0.4 is 11.1 Å². The van der Waals surface area contributed by atoms with E-state index in [0.29, 0.717) is 11.4 Å². The number of thiocarbonyl (C=S) groups is 1. The molecule has 19 heavy (non-hydrogen) atoms. The van der Waals surface area contributed by atoms with Gasteiger partial charge in [0, 0.05) is 42.7 Å². The van der Waals surface area contributed by atoms with E-state index in [4.69, 9.17) is 18.0 Å². The highest BCUT2D eigenvalue weighted by Gasteiger charge is 2.04. The molecule has 0 atom stereocenters. The lowest BCUT2D eigenvalue weighted by Gasteiger charge is -2.06. The minimum absolute atomic E-state index is 0.0761. The van der Waals surface area contributed by atoms with Gasteiger partial charge in [-0.3, -0.25) is 4.79 Å². The molecule has 1 aromatic heterocycles. The molecule has 0 radical (unpaired) electrons. The second-order valence-corrected chi connectivity index (χ2v) is 4.86. The highest BCUT2D eigenvalue weighted by Crippen LogP contribution is 2.18. The summed E-state index contributed by atoms with van der Waals surface area (Å²) in [6, 6.07) is 7.98. The zero-order valence-corrected chi connectivity index (χ0v) is 11.7. The molecular weight excluding hydrogens is 258 g/mol. The third kappa shape index (κ3) is 3.12. The van der Waals surface area contributed by atoms with Gasteiger partial charge in [0.15, 0.2) is 0 Å². The van der Waals surface area contributed by atoms with Crippen molar-refractivity contribution in [3.05, 3.63) is 36.0 Å². The Morgan fingerprint density at radius 2 is 2.21 bits per heavy atom. The zero-order chi connectivity index (χ0) is 13.8. The van der Waals surface area contributed by atoms with E-state index in [1.54, 1.807) is 7.05 Å². The lowest BCUT2D eigenvalue weighted by atomic mass is 10.1. The van der Waals surface area contributed by atoms with Gasteiger partial charge >= 0.3 is 0 Å². The summed E-state index contributed by atoms with van der Waals surface area (Å²) in [6.07, 6.45) is 3.39. The first-order chi connectivity index (χ1) is 9.11. The summed E-state index contributed by atoms with van der Waals surface area (Å²) in [5, 5.41) is 3.74. The quantitative estimate of drug-likeness (QED) is 0.818. The van der Waals surface area contributed by atoms with Crippen LogP contribution in [0.1, 0.15) is 18.4 Å². The summed E-state index contributed by atoms with van der Waals surface area (Å²) in [6.45, 7) is 0.823. The number of nitrogens with zero attached hydrogens (tertiary/aromatic N) is 1. The molecule has 1 aromatic carbocycles. The Bertz CT molecular complexity index is 618. The first-order valence-electron chi connectivity index (χ1n) is 6.21. The maximum absolute atomic E-state index is 11.2. The third-order valence-electron chi connectivity index (χ3n) is 3.14. The molecule has 0 saturated heterocycles. The van der Waals surface area contributed by atoms with Gasteiger partial charge in [0.1, 0.15) is 4.99 Å². The molecule has 0 aliphatic carbocycles. The fraction of sp³-hybridized carbons (Fsp3) is 0.286. The lowest BCUT2D eigenvalue weighted by molar-refractivity contribution is -0.120. The second-order valence-electron chi connectivity index (χ2n) is 4.42. The van der Waals surface area contributed by atoms with Gasteiger partial charge in [-0.05, 0) is 30.7 Å². The molecule has 4 nitrogen and oxygen atoms in total. The van der Waals surface area contributed by atoms with E-state index >= 15 is 0 Å². The smallest absolute Gasteiger partial charge is 0.219 e. The summed E-state index contributed by atoms with van der Waals surface area (Å²) in [5.41, 5.74) is 7.64. The number of hydrogen-bond donors (Lipinski definition) is 2. The normalized spacial score (nSPS) is 10.6. The third-order valence-corrected chi connectivity index (χ3v) is 3.37. The van der Waals surface area contributed by atoms with E-state index in [1.165, 1.54) is 0 Å². The van der Waals surface area contributed by atoms with E-state index in [2.05, 4.69) is 9.88 Å². The zero-order valence-electron chi connectivity index (χ0n) is 10.8. The maximum Gasteiger partial charge on any atom is 0.219 e. The van der Waals surface area contributed by atoms with Crippen LogP contribution in [0.5, 0.6) is 0 Å². The molecule has 0 aliphatic heterocycles. The highest BCUT2D eigenvalue weighted by molar-refractivity contribution is 7.80. The molecule has 2 aromatic rings. The molecule has 0 unspecified atom stereocenters. The van der Waals surface area contributed by atoms with E-state index in [0.717, 1.165) is 29.4 Å². The number of fused-ring (bicyclic) bond motifs is 1. The van der Waals surface area contributed by atoms with Crippen LogP contribution in [0.3, 0.4) is 0 Å². The van der Waals surface area contributed by atoms with E-state index < -0.39 is 0 Å². The average Bonchev–Trinajstić information content (AvgIpc) is 2.81. The first kappa shape index (κ1) is 13.5. The highest BCUT2D eigenvalue weighted by atomic mass is 32.1. The van der Waals surface area contributed by atoms with Crippen LogP contribution in [0.15, 0.2) is 30.5 Å². The van der Waals surface area contributed by atoms with Crippen molar-refractivity contribution in [1.82, 2.24) is 9.88 Å². The lowest BCUT2D eigenvalue weighted by Crippen LogP contribution is -2.17. The summed E-state index contributed by atoms with van der Waals surface area (Å²) in [4.78, 5) is 11.6. The van der Waals surface area contributed by atoms with Gasteiger partial charge in [-0.15, -0.1) is 0 Å². The number of carbonyl (C=O) groups excluding carboxylic acids is 1. The molecule has 0 aliphatic rings. The molecule has 1 heterocycles. The van der Waals surface area contributed by atoms with Crippen molar-refractivity contribution >= 4 is 34.0 Å². The number of rotatable bonds is 5. The molecule has 0 saturated carbocycles.